The number of nitrogens with one attached hydrogen (secondary N) is 1. The first-order chi connectivity index (χ1) is 37.0. The van der Waals surface area contributed by atoms with Crippen LogP contribution in [-0.2, 0) is 14.3 Å². The van der Waals surface area contributed by atoms with Crippen molar-refractivity contribution in [3.8, 4) is 0 Å². The maximum Gasteiger partial charge on any atom is 0.305 e. The number of hydrogen-bond donors (Lipinski definition) is 3. The molecule has 2 unspecified atom stereocenters. The Hall–Kier alpha value is -1.66. The number of aliphatic hydroxyl groups is 2. The Balaban J connectivity index is 3.38. The molecule has 3 N–H and O–H groups in total. The van der Waals surface area contributed by atoms with E-state index in [1.54, 1.807) is 0 Å². The standard InChI is InChI=1S/C69H133NO5/c1-3-5-7-9-11-13-15-17-19-20-31-35-39-43-47-51-55-59-63-69(74)75-64-60-56-52-48-44-40-36-32-29-27-25-23-21-22-24-26-28-30-34-38-42-46-50-54-58-62-68(73)70-66(65-71)67(72)61-57-53-49-45-41-37-33-18-16-14-12-10-8-6-4-2/h19-20,22,24,66-67,71-72H,3-18,21,23,25-65H2,1-2H3,(H,70,73)/b20-19-,24-22-. The first kappa shape index (κ1) is 73.3. The Morgan fingerprint density at radius 3 is 0.947 bits per heavy atom. The number of carbonyl (C=O) groups is 2. The zero-order chi connectivity index (χ0) is 54.3. The van der Waals surface area contributed by atoms with Crippen LogP contribution in [-0.4, -0.2) is 47.4 Å². The molecule has 2 atom stereocenters. The lowest BCUT2D eigenvalue weighted by Crippen LogP contribution is -2.45. The minimum Gasteiger partial charge on any atom is -0.466 e. The lowest BCUT2D eigenvalue weighted by Gasteiger charge is -2.22. The molecule has 0 aromatic carbocycles. The third-order valence-corrected chi connectivity index (χ3v) is 16.0. The second-order valence-corrected chi connectivity index (χ2v) is 23.5. The molecule has 0 saturated heterocycles. The molecule has 1 amide bonds. The van der Waals surface area contributed by atoms with Crippen molar-refractivity contribution < 1.29 is 24.5 Å². The van der Waals surface area contributed by atoms with E-state index >= 15 is 0 Å². The van der Waals surface area contributed by atoms with Crippen molar-refractivity contribution in [1.82, 2.24) is 5.32 Å². The molecule has 444 valence electrons. The third kappa shape index (κ3) is 61.4. The predicted octanol–water partition coefficient (Wildman–Crippen LogP) is 21.8. The Kier molecular flexibility index (Phi) is 63.4. The molecule has 0 aromatic rings. The van der Waals surface area contributed by atoms with Gasteiger partial charge in [-0.05, 0) is 77.0 Å². The van der Waals surface area contributed by atoms with E-state index in [9.17, 15) is 19.8 Å². The molecular weight excluding hydrogens is 923 g/mol. The topological polar surface area (TPSA) is 95.9 Å². The fourth-order valence-electron chi connectivity index (χ4n) is 10.7. The molecule has 0 spiro atoms. The number of carbonyl (C=O) groups excluding carboxylic acids is 2. The van der Waals surface area contributed by atoms with Crippen LogP contribution in [0, 0.1) is 0 Å². The average Bonchev–Trinajstić information content (AvgIpc) is 3.41. The van der Waals surface area contributed by atoms with E-state index in [1.165, 1.54) is 302 Å². The van der Waals surface area contributed by atoms with Crippen LogP contribution in [0.1, 0.15) is 380 Å². The number of amides is 1. The zero-order valence-electron chi connectivity index (χ0n) is 50.8. The number of aliphatic hydroxyl groups excluding tert-OH is 2. The molecule has 0 aliphatic rings. The molecule has 0 aromatic heterocycles. The van der Waals surface area contributed by atoms with Crippen molar-refractivity contribution in [2.24, 2.45) is 0 Å². The van der Waals surface area contributed by atoms with Crippen LogP contribution >= 0.6 is 0 Å². The normalized spacial score (nSPS) is 12.6. The summed E-state index contributed by atoms with van der Waals surface area (Å²) < 4.78 is 5.50. The molecule has 0 radical (unpaired) electrons. The van der Waals surface area contributed by atoms with Crippen molar-refractivity contribution in [3.63, 3.8) is 0 Å². The monoisotopic (exact) mass is 1060 g/mol. The van der Waals surface area contributed by atoms with Gasteiger partial charge in [-0.25, -0.2) is 0 Å². The highest BCUT2D eigenvalue weighted by atomic mass is 16.5. The van der Waals surface area contributed by atoms with E-state index in [2.05, 4.69) is 43.5 Å². The van der Waals surface area contributed by atoms with E-state index in [4.69, 9.17) is 4.74 Å². The zero-order valence-corrected chi connectivity index (χ0v) is 50.8. The quantitative estimate of drug-likeness (QED) is 0.0320. The van der Waals surface area contributed by atoms with Gasteiger partial charge in [-0.1, -0.05) is 314 Å². The van der Waals surface area contributed by atoms with Gasteiger partial charge in [-0.3, -0.25) is 9.59 Å². The molecule has 0 aliphatic heterocycles. The summed E-state index contributed by atoms with van der Waals surface area (Å²) in [6, 6.07) is -0.543. The van der Waals surface area contributed by atoms with Gasteiger partial charge in [-0.15, -0.1) is 0 Å². The van der Waals surface area contributed by atoms with Crippen molar-refractivity contribution >= 4 is 11.9 Å². The SMILES string of the molecule is CCCCCCCCC/C=C\CCCCCCCCCC(=O)OCCCCCCCCCCCCCC/C=C\CCCCCCCCCCCC(=O)NC(CO)C(O)CCCCCCCCCCCCCCCCC. The van der Waals surface area contributed by atoms with Gasteiger partial charge < -0.3 is 20.3 Å². The third-order valence-electron chi connectivity index (χ3n) is 16.0. The Bertz CT molecular complexity index is 1170. The number of allylic oxidation sites excluding steroid dienone is 4. The minimum absolute atomic E-state index is 0.0112. The van der Waals surface area contributed by atoms with Crippen LogP contribution in [0.25, 0.3) is 0 Å². The predicted molar refractivity (Wildman–Crippen MR) is 329 cm³/mol. The van der Waals surface area contributed by atoms with Gasteiger partial charge in [0.1, 0.15) is 0 Å². The summed E-state index contributed by atoms with van der Waals surface area (Å²) in [4.78, 5) is 24.6. The van der Waals surface area contributed by atoms with Gasteiger partial charge >= 0.3 is 5.97 Å². The van der Waals surface area contributed by atoms with Crippen molar-refractivity contribution in [1.29, 1.82) is 0 Å². The lowest BCUT2D eigenvalue weighted by molar-refractivity contribution is -0.143. The fraction of sp³-hybridized carbons (Fsp3) is 0.913. The first-order valence-electron chi connectivity index (χ1n) is 34.1. The number of rotatable bonds is 64. The minimum atomic E-state index is -0.666. The van der Waals surface area contributed by atoms with Gasteiger partial charge in [0.15, 0.2) is 0 Å². The molecular formula is C69H133NO5. The highest BCUT2D eigenvalue weighted by Gasteiger charge is 2.20. The lowest BCUT2D eigenvalue weighted by atomic mass is 10.0. The highest BCUT2D eigenvalue weighted by Crippen LogP contribution is 2.18. The van der Waals surface area contributed by atoms with Gasteiger partial charge in [0, 0.05) is 12.8 Å². The number of ether oxygens (including phenoxy) is 1. The fourth-order valence-corrected chi connectivity index (χ4v) is 10.7. The molecule has 0 rings (SSSR count). The molecule has 0 bridgehead atoms. The second-order valence-electron chi connectivity index (χ2n) is 23.5. The molecule has 0 fully saturated rings. The number of hydrogen-bond acceptors (Lipinski definition) is 5. The maximum atomic E-state index is 12.5. The van der Waals surface area contributed by atoms with Crippen LogP contribution in [0.2, 0.25) is 0 Å². The summed E-state index contributed by atoms with van der Waals surface area (Å²) >= 11 is 0. The molecule has 6 heteroatoms. The van der Waals surface area contributed by atoms with E-state index in [0.717, 1.165) is 44.9 Å². The Labute approximate surface area is 469 Å². The van der Waals surface area contributed by atoms with E-state index in [-0.39, 0.29) is 18.5 Å². The van der Waals surface area contributed by atoms with Crippen LogP contribution < -0.4 is 5.32 Å². The largest absolute Gasteiger partial charge is 0.466 e. The Morgan fingerprint density at radius 2 is 0.627 bits per heavy atom. The first-order valence-corrected chi connectivity index (χ1v) is 34.1. The highest BCUT2D eigenvalue weighted by molar-refractivity contribution is 5.76. The number of unbranched alkanes of at least 4 members (excludes halogenated alkanes) is 49. The molecule has 0 aliphatic carbocycles. The van der Waals surface area contributed by atoms with Crippen molar-refractivity contribution in [3.05, 3.63) is 24.3 Å². The van der Waals surface area contributed by atoms with Gasteiger partial charge in [0.05, 0.1) is 25.4 Å². The van der Waals surface area contributed by atoms with Gasteiger partial charge in [0.2, 0.25) is 5.91 Å². The number of esters is 1. The molecule has 75 heavy (non-hydrogen) atoms. The smallest absolute Gasteiger partial charge is 0.305 e. The average molecular weight is 1060 g/mol. The van der Waals surface area contributed by atoms with E-state index in [0.29, 0.717) is 25.9 Å². The van der Waals surface area contributed by atoms with Crippen molar-refractivity contribution in [2.45, 2.75) is 392 Å². The molecule has 6 nitrogen and oxygen atoms in total. The summed E-state index contributed by atoms with van der Waals surface area (Å²) in [5.41, 5.74) is 0. The van der Waals surface area contributed by atoms with Crippen LogP contribution in [0.3, 0.4) is 0 Å². The molecule has 0 heterocycles. The van der Waals surface area contributed by atoms with E-state index in [1.807, 2.05) is 0 Å². The van der Waals surface area contributed by atoms with Crippen LogP contribution in [0.4, 0.5) is 0 Å². The van der Waals surface area contributed by atoms with Gasteiger partial charge in [0.25, 0.3) is 0 Å². The van der Waals surface area contributed by atoms with Crippen molar-refractivity contribution in [2.75, 3.05) is 13.2 Å². The van der Waals surface area contributed by atoms with Crippen LogP contribution in [0.15, 0.2) is 24.3 Å². The summed E-state index contributed by atoms with van der Waals surface area (Å²) in [7, 11) is 0. The van der Waals surface area contributed by atoms with Crippen LogP contribution in [0.5, 0.6) is 0 Å². The molecule has 0 saturated carbocycles. The van der Waals surface area contributed by atoms with Gasteiger partial charge in [-0.2, -0.15) is 0 Å². The Morgan fingerprint density at radius 1 is 0.360 bits per heavy atom. The second kappa shape index (κ2) is 64.9. The summed E-state index contributed by atoms with van der Waals surface area (Å²) in [5, 5.41) is 23.3. The maximum absolute atomic E-state index is 12.5. The van der Waals surface area contributed by atoms with E-state index < -0.39 is 12.1 Å². The summed E-state index contributed by atoms with van der Waals surface area (Å²) in [5.74, 6) is -0.0244. The summed E-state index contributed by atoms with van der Waals surface area (Å²) in [6.07, 6.45) is 80.7. The summed E-state index contributed by atoms with van der Waals surface area (Å²) in [6.45, 7) is 4.98.